The first-order valence-corrected chi connectivity index (χ1v) is 9.49. The third-order valence-corrected chi connectivity index (χ3v) is 5.02. The predicted molar refractivity (Wildman–Crippen MR) is 111 cm³/mol. The van der Waals surface area contributed by atoms with Crippen LogP contribution in [0.2, 0.25) is 5.02 Å². The molecule has 7 nitrogen and oxygen atoms in total. The highest BCUT2D eigenvalue weighted by atomic mass is 35.5. The molecule has 1 aromatic heterocycles. The summed E-state index contributed by atoms with van der Waals surface area (Å²) in [4.78, 5) is 26.8. The Labute approximate surface area is 172 Å². The molecule has 8 heteroatoms. The van der Waals surface area contributed by atoms with Crippen LogP contribution < -0.4 is 15.0 Å². The highest BCUT2D eigenvalue weighted by Gasteiger charge is 2.36. The number of aromatic nitrogens is 2. The number of anilines is 2. The number of nitrogens with zero attached hydrogens (tertiary/aromatic N) is 3. The van der Waals surface area contributed by atoms with Gasteiger partial charge in [-0.3, -0.25) is 9.59 Å². The second-order valence-corrected chi connectivity index (χ2v) is 7.13. The van der Waals surface area contributed by atoms with Gasteiger partial charge in [-0.1, -0.05) is 29.8 Å². The number of methoxy groups -OCH3 is 1. The van der Waals surface area contributed by atoms with Gasteiger partial charge in [0, 0.05) is 30.3 Å². The molecular weight excluding hydrogens is 392 g/mol. The quantitative estimate of drug-likeness (QED) is 0.698. The van der Waals surface area contributed by atoms with Crippen molar-refractivity contribution in [1.82, 2.24) is 9.78 Å². The lowest BCUT2D eigenvalue weighted by Crippen LogP contribution is -2.28. The molecule has 2 aromatic carbocycles. The lowest BCUT2D eigenvalue weighted by Gasteiger charge is -2.19. The van der Waals surface area contributed by atoms with E-state index < -0.39 is 5.92 Å². The molecule has 1 aliphatic heterocycles. The topological polar surface area (TPSA) is 76.5 Å². The van der Waals surface area contributed by atoms with E-state index in [9.17, 15) is 9.59 Å². The number of benzene rings is 2. The molecule has 1 aliphatic rings. The van der Waals surface area contributed by atoms with Crippen LogP contribution in [0.1, 0.15) is 6.42 Å². The summed E-state index contributed by atoms with van der Waals surface area (Å²) < 4.78 is 7.01. The highest BCUT2D eigenvalue weighted by Crippen LogP contribution is 2.35. The van der Waals surface area contributed by atoms with E-state index >= 15 is 0 Å². The maximum absolute atomic E-state index is 12.7. The fourth-order valence-corrected chi connectivity index (χ4v) is 3.50. The maximum atomic E-state index is 12.7. The van der Waals surface area contributed by atoms with Crippen LogP contribution >= 0.6 is 11.6 Å². The minimum Gasteiger partial charge on any atom is -0.495 e. The summed E-state index contributed by atoms with van der Waals surface area (Å²) in [7, 11) is 1.53. The normalized spacial score (nSPS) is 16.1. The van der Waals surface area contributed by atoms with Gasteiger partial charge in [-0.25, -0.2) is 4.68 Å². The van der Waals surface area contributed by atoms with Crippen molar-refractivity contribution in [2.75, 3.05) is 23.9 Å². The molecule has 1 saturated heterocycles. The lowest BCUT2D eigenvalue weighted by atomic mass is 10.1. The van der Waals surface area contributed by atoms with E-state index in [1.54, 1.807) is 35.1 Å². The highest BCUT2D eigenvalue weighted by molar-refractivity contribution is 6.31. The second kappa shape index (κ2) is 7.97. The summed E-state index contributed by atoms with van der Waals surface area (Å²) in [5.74, 6) is 0.0734. The predicted octanol–water partition coefficient (Wildman–Crippen LogP) is 3.53. The Hall–Kier alpha value is -3.32. The number of carbonyl (C=O) groups excluding carboxylic acids is 2. The summed E-state index contributed by atoms with van der Waals surface area (Å²) in [6, 6.07) is 16.4. The zero-order chi connectivity index (χ0) is 20.4. The fraction of sp³-hybridized carbons (Fsp3) is 0.190. The number of nitrogens with one attached hydrogen (secondary N) is 1. The van der Waals surface area contributed by atoms with E-state index in [2.05, 4.69) is 10.4 Å². The molecule has 148 valence electrons. The van der Waals surface area contributed by atoms with Crippen LogP contribution in [-0.4, -0.2) is 35.2 Å². The van der Waals surface area contributed by atoms with Crippen molar-refractivity contribution in [2.24, 2.45) is 5.92 Å². The molecule has 2 heterocycles. The molecule has 29 heavy (non-hydrogen) atoms. The summed E-state index contributed by atoms with van der Waals surface area (Å²) in [5.41, 5.74) is 1.46. The minimum atomic E-state index is -0.493. The van der Waals surface area contributed by atoms with Crippen LogP contribution in [0.5, 0.6) is 5.75 Å². The first-order chi connectivity index (χ1) is 14.0. The van der Waals surface area contributed by atoms with Gasteiger partial charge in [0.15, 0.2) is 5.82 Å². The van der Waals surface area contributed by atoms with E-state index in [1.165, 1.54) is 12.0 Å². The number of halogens is 1. The standard InChI is InChI=1S/C21H19ClN4O3/c1-29-18-8-7-15(22)12-17(18)25-13-14(11-20(25)27)21(28)23-19-9-10-26(24-19)16-5-3-2-4-6-16/h2-10,12,14H,11,13H2,1H3,(H,23,24,28). The van der Waals surface area contributed by atoms with Gasteiger partial charge in [0.1, 0.15) is 5.75 Å². The van der Waals surface area contributed by atoms with E-state index in [0.717, 1.165) is 5.69 Å². The molecule has 1 N–H and O–H groups in total. The number of hydrogen-bond donors (Lipinski definition) is 1. The molecular formula is C21H19ClN4O3. The van der Waals surface area contributed by atoms with E-state index in [-0.39, 0.29) is 24.8 Å². The Morgan fingerprint density at radius 3 is 2.76 bits per heavy atom. The summed E-state index contributed by atoms with van der Waals surface area (Å²) in [6.07, 6.45) is 1.88. The van der Waals surface area contributed by atoms with Crippen molar-refractivity contribution in [1.29, 1.82) is 0 Å². The SMILES string of the molecule is COc1ccc(Cl)cc1N1CC(C(=O)Nc2ccn(-c3ccccc3)n2)CC1=O. The van der Waals surface area contributed by atoms with Crippen LogP contribution in [0.15, 0.2) is 60.8 Å². The van der Waals surface area contributed by atoms with Gasteiger partial charge < -0.3 is 15.0 Å². The molecule has 1 fully saturated rings. The lowest BCUT2D eigenvalue weighted by molar-refractivity contribution is -0.122. The average molecular weight is 411 g/mol. The van der Waals surface area contributed by atoms with Crippen LogP contribution in [0.4, 0.5) is 11.5 Å². The minimum absolute atomic E-state index is 0.112. The van der Waals surface area contributed by atoms with Gasteiger partial charge in [0.05, 0.1) is 24.4 Å². The number of carbonyl (C=O) groups is 2. The average Bonchev–Trinajstić information content (AvgIpc) is 3.35. The monoisotopic (exact) mass is 410 g/mol. The van der Waals surface area contributed by atoms with Crippen LogP contribution in [0, 0.1) is 5.92 Å². The molecule has 0 bridgehead atoms. The van der Waals surface area contributed by atoms with E-state index in [4.69, 9.17) is 16.3 Å². The molecule has 0 spiro atoms. The Morgan fingerprint density at radius 1 is 1.21 bits per heavy atom. The van der Waals surface area contributed by atoms with E-state index in [0.29, 0.717) is 22.3 Å². The summed E-state index contributed by atoms with van der Waals surface area (Å²) in [5, 5.41) is 7.67. The molecule has 4 rings (SSSR count). The molecule has 0 aliphatic carbocycles. The Morgan fingerprint density at radius 2 is 2.00 bits per heavy atom. The molecule has 2 amide bonds. The molecule has 3 aromatic rings. The van der Waals surface area contributed by atoms with Crippen molar-refractivity contribution in [3.8, 4) is 11.4 Å². The van der Waals surface area contributed by atoms with E-state index in [1.807, 2.05) is 30.3 Å². The van der Waals surface area contributed by atoms with Gasteiger partial charge in [0.2, 0.25) is 11.8 Å². The summed E-state index contributed by atoms with van der Waals surface area (Å²) >= 11 is 6.08. The second-order valence-electron chi connectivity index (χ2n) is 6.69. The fourth-order valence-electron chi connectivity index (χ4n) is 3.33. The van der Waals surface area contributed by atoms with Crippen molar-refractivity contribution in [3.63, 3.8) is 0 Å². The largest absolute Gasteiger partial charge is 0.495 e. The van der Waals surface area contributed by atoms with Crippen LogP contribution in [0.3, 0.4) is 0 Å². The van der Waals surface area contributed by atoms with Gasteiger partial charge in [0.25, 0.3) is 0 Å². The summed E-state index contributed by atoms with van der Waals surface area (Å²) in [6.45, 7) is 0.251. The first-order valence-electron chi connectivity index (χ1n) is 9.11. The van der Waals surface area contributed by atoms with Crippen molar-refractivity contribution >= 4 is 34.9 Å². The van der Waals surface area contributed by atoms with Gasteiger partial charge in [-0.15, -0.1) is 0 Å². The Bertz CT molecular complexity index is 1050. The van der Waals surface area contributed by atoms with Gasteiger partial charge >= 0.3 is 0 Å². The Kier molecular flexibility index (Phi) is 5.22. The Balaban J connectivity index is 1.46. The zero-order valence-electron chi connectivity index (χ0n) is 15.7. The number of para-hydroxylation sites is 1. The molecule has 1 unspecified atom stereocenters. The van der Waals surface area contributed by atoms with Crippen molar-refractivity contribution in [3.05, 3.63) is 65.8 Å². The van der Waals surface area contributed by atoms with Gasteiger partial charge in [-0.05, 0) is 30.3 Å². The van der Waals surface area contributed by atoms with Crippen molar-refractivity contribution in [2.45, 2.75) is 6.42 Å². The smallest absolute Gasteiger partial charge is 0.231 e. The van der Waals surface area contributed by atoms with Crippen LogP contribution in [0.25, 0.3) is 5.69 Å². The number of ether oxygens (including phenoxy) is 1. The first kappa shape index (κ1) is 19.0. The third-order valence-electron chi connectivity index (χ3n) is 4.79. The van der Waals surface area contributed by atoms with Crippen molar-refractivity contribution < 1.29 is 14.3 Å². The third kappa shape index (κ3) is 3.95. The number of rotatable bonds is 5. The molecule has 0 saturated carbocycles. The zero-order valence-corrected chi connectivity index (χ0v) is 16.5. The van der Waals surface area contributed by atoms with Gasteiger partial charge in [-0.2, -0.15) is 5.10 Å². The number of amides is 2. The van der Waals surface area contributed by atoms with Crippen LogP contribution in [-0.2, 0) is 9.59 Å². The molecule has 0 radical (unpaired) electrons. The number of hydrogen-bond acceptors (Lipinski definition) is 4. The molecule has 1 atom stereocenters. The maximum Gasteiger partial charge on any atom is 0.231 e.